The average molecular weight is 475 g/mol. The van der Waals surface area contributed by atoms with Crippen LogP contribution in [0.25, 0.3) is 0 Å². The minimum absolute atomic E-state index is 0.108. The Kier molecular flexibility index (Phi) is 6.61. The third kappa shape index (κ3) is 5.57. The number of hydrogen-bond donors (Lipinski definition) is 0. The number of anilines is 1. The van der Waals surface area contributed by atoms with Gasteiger partial charge in [0.25, 0.3) is 0 Å². The summed E-state index contributed by atoms with van der Waals surface area (Å²) >= 11 is 0. The highest BCUT2D eigenvalue weighted by Crippen LogP contribution is 2.31. The first-order chi connectivity index (χ1) is 15.3. The van der Waals surface area contributed by atoms with E-state index in [1.54, 1.807) is 13.8 Å². The molecule has 13 heteroatoms. The second-order valence-electron chi connectivity index (χ2n) is 7.80. The van der Waals surface area contributed by atoms with Crippen LogP contribution in [0.3, 0.4) is 0 Å². The van der Waals surface area contributed by atoms with Crippen molar-refractivity contribution in [2.45, 2.75) is 38.7 Å². The summed E-state index contributed by atoms with van der Waals surface area (Å²) in [6, 6.07) is 1.49. The third-order valence-electron chi connectivity index (χ3n) is 5.06. The summed E-state index contributed by atoms with van der Waals surface area (Å²) in [4.78, 5) is 38.3. The van der Waals surface area contributed by atoms with E-state index in [-0.39, 0.29) is 24.0 Å². The summed E-state index contributed by atoms with van der Waals surface area (Å²) in [5.74, 6) is -1.02. The quantitative estimate of drug-likeness (QED) is 0.591. The number of pyridine rings is 1. The van der Waals surface area contributed by atoms with Crippen LogP contribution >= 0.6 is 0 Å². The first-order valence-electron chi connectivity index (χ1n) is 9.79. The summed E-state index contributed by atoms with van der Waals surface area (Å²) < 4.78 is 76.7. The normalized spacial score (nSPS) is 17.2. The molecule has 0 N–H and O–H groups in total. The lowest BCUT2D eigenvalue weighted by Gasteiger charge is -2.25. The molecule has 2 aromatic rings. The van der Waals surface area contributed by atoms with Crippen molar-refractivity contribution in [1.82, 2.24) is 19.9 Å². The van der Waals surface area contributed by atoms with Crippen molar-refractivity contribution >= 4 is 17.5 Å². The highest BCUT2D eigenvalue weighted by atomic mass is 19.4. The van der Waals surface area contributed by atoms with Crippen molar-refractivity contribution in [3.63, 3.8) is 0 Å². The van der Waals surface area contributed by atoms with E-state index in [2.05, 4.69) is 15.0 Å². The predicted molar refractivity (Wildman–Crippen MR) is 103 cm³/mol. The van der Waals surface area contributed by atoms with Crippen molar-refractivity contribution in [2.75, 3.05) is 18.0 Å². The molecule has 2 aromatic heterocycles. The van der Waals surface area contributed by atoms with E-state index in [1.807, 2.05) is 0 Å². The first-order valence-corrected chi connectivity index (χ1v) is 9.79. The molecule has 0 radical (unpaired) electrons. The number of halogens is 6. The lowest BCUT2D eigenvalue weighted by atomic mass is 10.0. The number of carbonyl (C=O) groups is 2. The zero-order valence-electron chi connectivity index (χ0n) is 17.5. The summed E-state index contributed by atoms with van der Waals surface area (Å²) in [5, 5.41) is 0. The van der Waals surface area contributed by atoms with Gasteiger partial charge in [-0.25, -0.2) is 19.7 Å². The maximum Gasteiger partial charge on any atom is 0.433 e. The van der Waals surface area contributed by atoms with Gasteiger partial charge in [-0.05, 0) is 24.1 Å². The molecule has 1 aliphatic heterocycles. The van der Waals surface area contributed by atoms with E-state index in [9.17, 15) is 35.9 Å². The van der Waals surface area contributed by atoms with E-state index in [0.717, 1.165) is 24.5 Å². The summed E-state index contributed by atoms with van der Waals surface area (Å²) in [7, 11) is 0. The van der Waals surface area contributed by atoms with E-state index in [1.165, 1.54) is 9.80 Å². The second kappa shape index (κ2) is 8.94. The molecular formula is C20H19F6N5O2. The number of Topliss-reactive ketones (excluding diaryl/α,β-unsaturated/α-hetero) is 1. The van der Waals surface area contributed by atoms with Crippen molar-refractivity contribution in [3.8, 4) is 0 Å². The van der Waals surface area contributed by atoms with Gasteiger partial charge >= 0.3 is 18.4 Å². The Hall–Kier alpha value is -3.25. The zero-order chi connectivity index (χ0) is 24.6. The maximum absolute atomic E-state index is 12.9. The van der Waals surface area contributed by atoms with Gasteiger partial charge in [-0.1, -0.05) is 13.8 Å². The van der Waals surface area contributed by atoms with E-state index < -0.39 is 54.6 Å². The topological polar surface area (TPSA) is 79.3 Å². The van der Waals surface area contributed by atoms with Gasteiger partial charge in [-0.15, -0.1) is 0 Å². The molecule has 33 heavy (non-hydrogen) atoms. The molecule has 1 atom stereocenters. The zero-order valence-corrected chi connectivity index (χ0v) is 17.5. The van der Waals surface area contributed by atoms with Crippen LogP contribution in [-0.4, -0.2) is 50.8 Å². The molecule has 178 valence electrons. The fourth-order valence-electron chi connectivity index (χ4n) is 3.41. The van der Waals surface area contributed by atoms with Crippen LogP contribution in [0.4, 0.5) is 36.8 Å². The molecule has 3 heterocycles. The van der Waals surface area contributed by atoms with Gasteiger partial charge in [0.05, 0.1) is 30.9 Å². The molecule has 0 bridgehead atoms. The summed E-state index contributed by atoms with van der Waals surface area (Å²) in [5.41, 5.74) is -2.15. The van der Waals surface area contributed by atoms with Gasteiger partial charge in [0.1, 0.15) is 17.2 Å². The Balaban J connectivity index is 1.75. The second-order valence-corrected chi connectivity index (χ2v) is 7.80. The molecule has 0 aliphatic carbocycles. The van der Waals surface area contributed by atoms with Gasteiger partial charge in [-0.2, -0.15) is 26.3 Å². The summed E-state index contributed by atoms with van der Waals surface area (Å²) in [6.07, 6.45) is -8.00. The Labute approximate surface area is 184 Å². The van der Waals surface area contributed by atoms with Crippen LogP contribution in [0.5, 0.6) is 0 Å². The number of urea groups is 1. The molecule has 1 fully saturated rings. The summed E-state index contributed by atoms with van der Waals surface area (Å²) in [6.45, 7) is 3.31. The Morgan fingerprint density at radius 2 is 1.73 bits per heavy atom. The molecule has 3 rings (SSSR count). The highest BCUT2D eigenvalue weighted by molar-refractivity contribution is 5.97. The molecule has 0 unspecified atom stereocenters. The first kappa shape index (κ1) is 24.4. The standard InChI is InChI=1S/C20H19F6N5O2/c1-11(2)14-10-30(12-3-4-15(28-8-12)19(21,22)23)18(33)31(14)9-13(32)7-17-27-6-5-16(29-17)20(24,25)26/h3-6,8,11,14H,7,9-10H2,1-2H3/t14-/m1/s1. The average Bonchev–Trinajstić information content (AvgIpc) is 3.03. The number of nitrogens with zero attached hydrogens (tertiary/aromatic N) is 5. The number of carbonyl (C=O) groups excluding carboxylic acids is 2. The van der Waals surface area contributed by atoms with Crippen molar-refractivity contribution in [2.24, 2.45) is 5.92 Å². The minimum atomic E-state index is -4.69. The maximum atomic E-state index is 12.9. The van der Waals surface area contributed by atoms with Crippen LogP contribution in [0.1, 0.15) is 31.1 Å². The SMILES string of the molecule is CC(C)[C@H]1CN(c2ccc(C(F)(F)F)nc2)C(=O)N1CC(=O)Cc1nccc(C(F)(F)F)n1. The number of ketones is 1. The van der Waals surface area contributed by atoms with Crippen LogP contribution in [0.15, 0.2) is 30.6 Å². The minimum Gasteiger partial charge on any atom is -0.312 e. The molecule has 2 amide bonds. The predicted octanol–water partition coefficient (Wildman–Crippen LogP) is 3.99. The largest absolute Gasteiger partial charge is 0.433 e. The Morgan fingerprint density at radius 3 is 2.27 bits per heavy atom. The van der Waals surface area contributed by atoms with Gasteiger partial charge < -0.3 is 4.90 Å². The fraction of sp³-hybridized carbons (Fsp3) is 0.450. The van der Waals surface area contributed by atoms with E-state index >= 15 is 0 Å². The van der Waals surface area contributed by atoms with Crippen molar-refractivity contribution < 1.29 is 35.9 Å². The van der Waals surface area contributed by atoms with Crippen LogP contribution < -0.4 is 4.90 Å². The van der Waals surface area contributed by atoms with E-state index in [4.69, 9.17) is 0 Å². The lowest BCUT2D eigenvalue weighted by Crippen LogP contribution is -2.41. The Bertz CT molecular complexity index is 1020. The van der Waals surface area contributed by atoms with Gasteiger partial charge in [0.2, 0.25) is 0 Å². The highest BCUT2D eigenvalue weighted by Gasteiger charge is 2.41. The monoisotopic (exact) mass is 475 g/mol. The molecular weight excluding hydrogens is 456 g/mol. The molecule has 0 aromatic carbocycles. The number of alkyl halides is 6. The molecule has 0 saturated carbocycles. The number of amides is 2. The molecule has 1 aliphatic rings. The Morgan fingerprint density at radius 1 is 1.06 bits per heavy atom. The molecule has 1 saturated heterocycles. The van der Waals surface area contributed by atoms with Crippen molar-refractivity contribution in [1.29, 1.82) is 0 Å². The lowest BCUT2D eigenvalue weighted by molar-refractivity contribution is -0.142. The smallest absolute Gasteiger partial charge is 0.312 e. The van der Waals surface area contributed by atoms with Gasteiger partial charge in [0.15, 0.2) is 5.78 Å². The third-order valence-corrected chi connectivity index (χ3v) is 5.06. The van der Waals surface area contributed by atoms with Crippen LogP contribution in [0.2, 0.25) is 0 Å². The number of aromatic nitrogens is 3. The van der Waals surface area contributed by atoms with Crippen molar-refractivity contribution in [3.05, 3.63) is 47.8 Å². The van der Waals surface area contributed by atoms with Gasteiger partial charge in [0, 0.05) is 12.7 Å². The fourth-order valence-corrected chi connectivity index (χ4v) is 3.41. The molecule has 7 nitrogen and oxygen atoms in total. The molecule has 0 spiro atoms. The van der Waals surface area contributed by atoms with Crippen LogP contribution in [0, 0.1) is 5.92 Å². The number of rotatable bonds is 6. The van der Waals surface area contributed by atoms with Crippen LogP contribution in [-0.2, 0) is 23.6 Å². The van der Waals surface area contributed by atoms with Gasteiger partial charge in [-0.3, -0.25) is 9.69 Å². The van der Waals surface area contributed by atoms with E-state index in [0.29, 0.717) is 6.07 Å². The number of hydrogen-bond acceptors (Lipinski definition) is 5.